The number of carbonyl (C=O) groups excluding carboxylic acids is 1. The van der Waals surface area contributed by atoms with E-state index < -0.39 is 0 Å². The van der Waals surface area contributed by atoms with E-state index in [0.29, 0.717) is 0 Å². The van der Waals surface area contributed by atoms with E-state index in [0.717, 1.165) is 19.4 Å². The first-order valence-corrected chi connectivity index (χ1v) is 6.97. The lowest BCUT2D eigenvalue weighted by molar-refractivity contribution is -0.133. The summed E-state index contributed by atoms with van der Waals surface area (Å²) in [6.07, 6.45) is 2.08. The van der Waals surface area contributed by atoms with Crippen molar-refractivity contribution in [3.8, 4) is 0 Å². The van der Waals surface area contributed by atoms with Crippen molar-refractivity contribution in [3.05, 3.63) is 21.9 Å². The maximum atomic E-state index is 12.2. The van der Waals surface area contributed by atoms with E-state index in [1.54, 1.807) is 11.3 Å². The molecule has 0 aromatic carbocycles. The van der Waals surface area contributed by atoms with Crippen LogP contribution in [-0.2, 0) is 4.79 Å². The van der Waals surface area contributed by atoms with E-state index in [4.69, 9.17) is 0 Å². The van der Waals surface area contributed by atoms with Gasteiger partial charge in [0.05, 0.1) is 12.1 Å². The summed E-state index contributed by atoms with van der Waals surface area (Å²) in [6.45, 7) is 5.16. The highest BCUT2D eigenvalue weighted by Gasteiger charge is 2.28. The molecule has 2 atom stereocenters. The smallest absolute Gasteiger partial charge is 0.239 e. The van der Waals surface area contributed by atoms with Crippen molar-refractivity contribution in [2.45, 2.75) is 38.8 Å². The molecule has 94 valence electrons. The number of thiophene rings is 1. The molecular weight excluding hydrogens is 232 g/mol. The molecule has 4 heteroatoms. The highest BCUT2D eigenvalue weighted by molar-refractivity contribution is 7.12. The average Bonchev–Trinajstić information content (AvgIpc) is 2.96. The Bertz CT molecular complexity index is 396. The second kappa shape index (κ2) is 5.19. The van der Waals surface area contributed by atoms with Gasteiger partial charge in [0.15, 0.2) is 0 Å². The fraction of sp³-hybridized carbons (Fsp3) is 0.615. The molecule has 2 unspecified atom stereocenters. The van der Waals surface area contributed by atoms with Gasteiger partial charge in [-0.25, -0.2) is 0 Å². The number of rotatable bonds is 3. The summed E-state index contributed by atoms with van der Waals surface area (Å²) in [7, 11) is 1.90. The molecule has 3 nitrogen and oxygen atoms in total. The Kier molecular flexibility index (Phi) is 3.84. The zero-order valence-electron chi connectivity index (χ0n) is 10.7. The molecule has 17 heavy (non-hydrogen) atoms. The van der Waals surface area contributed by atoms with E-state index in [-0.39, 0.29) is 18.0 Å². The molecule has 1 N–H and O–H groups in total. The molecule has 1 aliphatic rings. The monoisotopic (exact) mass is 252 g/mol. The minimum absolute atomic E-state index is 0.0310. The predicted molar refractivity (Wildman–Crippen MR) is 71.3 cm³/mol. The minimum Gasteiger partial charge on any atom is -0.337 e. The normalized spacial score (nSPS) is 21.5. The maximum Gasteiger partial charge on any atom is 0.239 e. The summed E-state index contributed by atoms with van der Waals surface area (Å²) >= 11 is 1.77. The van der Waals surface area contributed by atoms with Crippen molar-refractivity contribution in [1.29, 1.82) is 0 Å². The molecular formula is C13H20N2OS. The Labute approximate surface area is 107 Å². The standard InChI is InChI=1S/C13H20N2OS/c1-9-6-7-12(17-9)10(2)15(3)13(16)11-5-4-8-14-11/h6-7,10-11,14H,4-5,8H2,1-3H3. The number of likely N-dealkylation sites (N-methyl/N-ethyl adjacent to an activating group) is 1. The predicted octanol–water partition coefficient (Wildman–Crippen LogP) is 2.33. The van der Waals surface area contributed by atoms with Gasteiger partial charge in [-0.2, -0.15) is 0 Å². The van der Waals surface area contributed by atoms with Crippen molar-refractivity contribution in [3.63, 3.8) is 0 Å². The van der Waals surface area contributed by atoms with Crippen LogP contribution in [0.3, 0.4) is 0 Å². The molecule has 0 spiro atoms. The number of hydrogen-bond acceptors (Lipinski definition) is 3. The number of carbonyl (C=O) groups is 1. The zero-order chi connectivity index (χ0) is 12.4. The third-order valence-electron chi connectivity index (χ3n) is 3.46. The largest absolute Gasteiger partial charge is 0.337 e. The Morgan fingerprint density at radius 2 is 2.35 bits per heavy atom. The molecule has 1 amide bonds. The van der Waals surface area contributed by atoms with E-state index in [1.165, 1.54) is 9.75 Å². The quantitative estimate of drug-likeness (QED) is 0.895. The van der Waals surface area contributed by atoms with Crippen LogP contribution in [0.25, 0.3) is 0 Å². The molecule has 1 fully saturated rings. The van der Waals surface area contributed by atoms with Gasteiger partial charge in [-0.15, -0.1) is 11.3 Å². The molecule has 1 aliphatic heterocycles. The average molecular weight is 252 g/mol. The fourth-order valence-corrected chi connectivity index (χ4v) is 3.17. The third-order valence-corrected chi connectivity index (χ3v) is 4.63. The molecule has 1 aromatic heterocycles. The van der Waals surface area contributed by atoms with Crippen LogP contribution in [0.4, 0.5) is 0 Å². The van der Waals surface area contributed by atoms with E-state index in [1.807, 2.05) is 11.9 Å². The molecule has 2 rings (SSSR count). The van der Waals surface area contributed by atoms with Crippen LogP contribution in [0, 0.1) is 6.92 Å². The van der Waals surface area contributed by atoms with Gasteiger partial charge in [-0.05, 0) is 45.4 Å². The number of amides is 1. The lowest BCUT2D eigenvalue weighted by atomic mass is 10.1. The van der Waals surface area contributed by atoms with Gasteiger partial charge in [0.2, 0.25) is 5.91 Å². The van der Waals surface area contributed by atoms with Gasteiger partial charge in [-0.3, -0.25) is 4.79 Å². The fourth-order valence-electron chi connectivity index (χ4n) is 2.20. The first-order chi connectivity index (χ1) is 8.09. The Balaban J connectivity index is 2.03. The van der Waals surface area contributed by atoms with Crippen LogP contribution in [-0.4, -0.2) is 30.4 Å². The summed E-state index contributed by atoms with van der Waals surface area (Å²) < 4.78 is 0. The minimum atomic E-state index is 0.0310. The molecule has 0 aliphatic carbocycles. The maximum absolute atomic E-state index is 12.2. The summed E-state index contributed by atoms with van der Waals surface area (Å²) in [5, 5.41) is 3.26. The molecule has 0 saturated carbocycles. The third kappa shape index (κ3) is 2.69. The number of nitrogens with one attached hydrogen (secondary N) is 1. The van der Waals surface area contributed by atoms with Crippen LogP contribution >= 0.6 is 11.3 Å². The van der Waals surface area contributed by atoms with Crippen LogP contribution in [0.2, 0.25) is 0 Å². The number of hydrogen-bond donors (Lipinski definition) is 1. The van der Waals surface area contributed by atoms with Crippen LogP contribution in [0.5, 0.6) is 0 Å². The van der Waals surface area contributed by atoms with Crippen LogP contribution in [0.1, 0.15) is 35.6 Å². The first kappa shape index (κ1) is 12.6. The number of nitrogens with zero attached hydrogens (tertiary/aromatic N) is 1. The lowest BCUT2D eigenvalue weighted by Gasteiger charge is -2.27. The SMILES string of the molecule is Cc1ccc(C(C)N(C)C(=O)C2CCCN2)s1. The van der Waals surface area contributed by atoms with Crippen molar-refractivity contribution in [2.24, 2.45) is 0 Å². The van der Waals surface area contributed by atoms with E-state index in [2.05, 4.69) is 31.3 Å². The highest BCUT2D eigenvalue weighted by Crippen LogP contribution is 2.27. The molecule has 0 bridgehead atoms. The second-order valence-corrected chi connectivity index (χ2v) is 6.04. The molecule has 0 radical (unpaired) electrons. The summed E-state index contributed by atoms with van der Waals surface area (Å²) in [5.41, 5.74) is 0. The van der Waals surface area contributed by atoms with E-state index >= 15 is 0 Å². The van der Waals surface area contributed by atoms with Gasteiger partial charge in [0, 0.05) is 16.8 Å². The van der Waals surface area contributed by atoms with Crippen molar-refractivity contribution >= 4 is 17.2 Å². The van der Waals surface area contributed by atoms with Crippen molar-refractivity contribution in [2.75, 3.05) is 13.6 Å². The van der Waals surface area contributed by atoms with Gasteiger partial charge in [0.1, 0.15) is 0 Å². The van der Waals surface area contributed by atoms with E-state index in [9.17, 15) is 4.79 Å². The Morgan fingerprint density at radius 1 is 1.59 bits per heavy atom. The second-order valence-electron chi connectivity index (χ2n) is 4.72. The van der Waals surface area contributed by atoms with Crippen LogP contribution in [0.15, 0.2) is 12.1 Å². The Hall–Kier alpha value is -0.870. The lowest BCUT2D eigenvalue weighted by Crippen LogP contribution is -2.42. The highest BCUT2D eigenvalue weighted by atomic mass is 32.1. The topological polar surface area (TPSA) is 32.3 Å². The first-order valence-electron chi connectivity index (χ1n) is 6.16. The summed E-state index contributed by atoms with van der Waals surface area (Å²) in [4.78, 5) is 16.7. The number of aryl methyl sites for hydroxylation is 1. The van der Waals surface area contributed by atoms with Gasteiger partial charge in [-0.1, -0.05) is 0 Å². The molecule has 1 aromatic rings. The van der Waals surface area contributed by atoms with Gasteiger partial charge >= 0.3 is 0 Å². The van der Waals surface area contributed by atoms with Crippen molar-refractivity contribution < 1.29 is 4.79 Å². The Morgan fingerprint density at radius 3 is 2.88 bits per heavy atom. The van der Waals surface area contributed by atoms with Crippen LogP contribution < -0.4 is 5.32 Å². The molecule has 1 saturated heterocycles. The van der Waals surface area contributed by atoms with Gasteiger partial charge < -0.3 is 10.2 Å². The summed E-state index contributed by atoms with van der Waals surface area (Å²) in [5.74, 6) is 0.223. The molecule has 2 heterocycles. The summed E-state index contributed by atoms with van der Waals surface area (Å²) in [6, 6.07) is 4.44. The van der Waals surface area contributed by atoms with Crippen molar-refractivity contribution in [1.82, 2.24) is 10.2 Å². The van der Waals surface area contributed by atoms with Gasteiger partial charge in [0.25, 0.3) is 0 Å². The zero-order valence-corrected chi connectivity index (χ0v) is 11.5.